The first-order valence-electron chi connectivity index (χ1n) is 17.8. The van der Waals surface area contributed by atoms with Crippen molar-refractivity contribution < 1.29 is 0 Å². The Labute approximate surface area is 307 Å². The fraction of sp³-hybridized carbons (Fsp3) is 0. The van der Waals surface area contributed by atoms with E-state index >= 15 is 0 Å². The van der Waals surface area contributed by atoms with Gasteiger partial charge in [-0.25, -0.2) is 0 Å². The zero-order valence-electron chi connectivity index (χ0n) is 28.4. The van der Waals surface area contributed by atoms with Gasteiger partial charge in [-0.2, -0.15) is 0 Å². The van der Waals surface area contributed by atoms with Gasteiger partial charge >= 0.3 is 0 Å². The van der Waals surface area contributed by atoms with Crippen LogP contribution in [0, 0.1) is 0 Å². The number of rotatable bonds is 6. The highest BCUT2D eigenvalue weighted by Crippen LogP contribution is 2.45. The summed E-state index contributed by atoms with van der Waals surface area (Å²) in [5.41, 5.74) is 10.6. The molecule has 2 heteroatoms. The van der Waals surface area contributed by atoms with Crippen LogP contribution < -0.4 is 4.90 Å². The molecule has 1 heterocycles. The van der Waals surface area contributed by atoms with Gasteiger partial charge in [0.1, 0.15) is 0 Å². The molecule has 1 aromatic heterocycles. The lowest BCUT2D eigenvalue weighted by atomic mass is 9.96. The van der Waals surface area contributed by atoms with Crippen molar-refractivity contribution >= 4 is 70.1 Å². The number of thiophene rings is 1. The highest BCUT2D eigenvalue weighted by atomic mass is 32.1. The van der Waals surface area contributed by atoms with Gasteiger partial charge < -0.3 is 4.90 Å². The van der Waals surface area contributed by atoms with Crippen molar-refractivity contribution in [2.75, 3.05) is 4.90 Å². The molecule has 0 bridgehead atoms. The van der Waals surface area contributed by atoms with E-state index in [-0.39, 0.29) is 0 Å². The first-order chi connectivity index (χ1) is 25.8. The van der Waals surface area contributed by atoms with Gasteiger partial charge in [-0.15, -0.1) is 11.3 Å². The van der Waals surface area contributed by atoms with Crippen molar-refractivity contribution in [3.63, 3.8) is 0 Å². The molecule has 0 spiro atoms. The zero-order chi connectivity index (χ0) is 34.4. The van der Waals surface area contributed by atoms with Crippen LogP contribution >= 0.6 is 11.3 Å². The van der Waals surface area contributed by atoms with Gasteiger partial charge in [-0.3, -0.25) is 0 Å². The van der Waals surface area contributed by atoms with E-state index in [1.54, 1.807) is 0 Å². The Morgan fingerprint density at radius 3 is 1.85 bits per heavy atom. The van der Waals surface area contributed by atoms with Crippen LogP contribution in [0.25, 0.3) is 75.1 Å². The van der Waals surface area contributed by atoms with Gasteiger partial charge in [0.05, 0.1) is 11.4 Å². The van der Waals surface area contributed by atoms with E-state index < -0.39 is 0 Å². The molecule has 9 aromatic carbocycles. The zero-order valence-corrected chi connectivity index (χ0v) is 29.2. The molecule has 1 nitrogen and oxygen atoms in total. The molecule has 0 amide bonds. The summed E-state index contributed by atoms with van der Waals surface area (Å²) in [6.07, 6.45) is 0. The largest absolute Gasteiger partial charge is 0.309 e. The molecule has 0 aliphatic carbocycles. The molecule has 0 radical (unpaired) electrons. The second kappa shape index (κ2) is 12.7. The van der Waals surface area contributed by atoms with Gasteiger partial charge in [0.25, 0.3) is 0 Å². The van der Waals surface area contributed by atoms with Crippen molar-refractivity contribution in [1.29, 1.82) is 0 Å². The summed E-state index contributed by atoms with van der Waals surface area (Å²) in [6, 6.07) is 73.0. The molecule has 0 fully saturated rings. The minimum Gasteiger partial charge on any atom is -0.309 e. The normalized spacial score (nSPS) is 11.5. The molecule has 0 aliphatic rings. The van der Waals surface area contributed by atoms with E-state index in [0.29, 0.717) is 0 Å². The topological polar surface area (TPSA) is 3.24 Å². The number of nitrogens with zero attached hydrogens (tertiary/aromatic N) is 1. The summed E-state index contributed by atoms with van der Waals surface area (Å²) >= 11 is 1.88. The Morgan fingerprint density at radius 2 is 0.923 bits per heavy atom. The molecule has 0 aliphatic heterocycles. The molecule has 0 unspecified atom stereocenters. The van der Waals surface area contributed by atoms with Gasteiger partial charge in [0.2, 0.25) is 0 Å². The van der Waals surface area contributed by atoms with Crippen LogP contribution in [-0.2, 0) is 0 Å². The maximum atomic E-state index is 2.44. The van der Waals surface area contributed by atoms with Gasteiger partial charge in [0.15, 0.2) is 0 Å². The van der Waals surface area contributed by atoms with Gasteiger partial charge in [0, 0.05) is 36.8 Å². The van der Waals surface area contributed by atoms with Crippen molar-refractivity contribution in [3.8, 4) is 33.4 Å². The lowest BCUT2D eigenvalue weighted by Gasteiger charge is -2.29. The predicted octanol–water partition coefficient (Wildman–Crippen LogP) is 14.8. The van der Waals surface area contributed by atoms with E-state index in [1.807, 2.05) is 11.3 Å². The summed E-state index contributed by atoms with van der Waals surface area (Å²) in [7, 11) is 0. The standard InChI is InChI=1S/C50H33NS/c1-2-15-36-31-40(30-29-34(36)13-1)43-22-5-7-26-47(43)51(48-27-11-16-35-14-3-4-21-42(35)48)41-20-10-18-38(33-41)37-17-9-19-39(32-37)44-24-12-25-46-45-23-6-8-28-49(45)52-50(44)46/h1-33H. The van der Waals surface area contributed by atoms with Crippen LogP contribution in [0.4, 0.5) is 17.1 Å². The number of benzene rings is 9. The van der Waals surface area contributed by atoms with Gasteiger partial charge in [-0.05, 0) is 86.4 Å². The van der Waals surface area contributed by atoms with E-state index in [2.05, 4.69) is 205 Å². The Morgan fingerprint density at radius 1 is 0.327 bits per heavy atom. The van der Waals surface area contributed by atoms with E-state index in [0.717, 1.165) is 17.1 Å². The van der Waals surface area contributed by atoms with E-state index in [4.69, 9.17) is 0 Å². The Kier molecular flexibility index (Phi) is 7.41. The monoisotopic (exact) mass is 679 g/mol. The lowest BCUT2D eigenvalue weighted by Crippen LogP contribution is -2.12. The van der Waals surface area contributed by atoms with Crippen molar-refractivity contribution in [2.24, 2.45) is 0 Å². The predicted molar refractivity (Wildman–Crippen MR) is 225 cm³/mol. The fourth-order valence-electron chi connectivity index (χ4n) is 7.75. The van der Waals surface area contributed by atoms with Crippen molar-refractivity contribution in [3.05, 3.63) is 200 Å². The molecule has 10 aromatic rings. The highest BCUT2D eigenvalue weighted by molar-refractivity contribution is 7.26. The third kappa shape index (κ3) is 5.24. The smallest absolute Gasteiger partial charge is 0.0540 e. The molecular formula is C50H33NS. The maximum absolute atomic E-state index is 2.44. The SMILES string of the molecule is c1cc(-c2cccc(N(c3ccccc3-c3ccc4ccccc4c3)c3cccc4ccccc34)c2)cc(-c2cccc3c2sc2ccccc23)c1. The third-order valence-corrected chi connectivity index (χ3v) is 11.4. The first-order valence-corrected chi connectivity index (χ1v) is 18.6. The minimum absolute atomic E-state index is 1.11. The summed E-state index contributed by atoms with van der Waals surface area (Å²) in [5.74, 6) is 0. The molecule has 0 saturated carbocycles. The van der Waals surface area contributed by atoms with E-state index in [1.165, 1.54) is 75.1 Å². The number of fused-ring (bicyclic) bond motifs is 5. The van der Waals surface area contributed by atoms with Gasteiger partial charge in [-0.1, -0.05) is 158 Å². The van der Waals surface area contributed by atoms with Crippen LogP contribution in [-0.4, -0.2) is 0 Å². The maximum Gasteiger partial charge on any atom is 0.0540 e. The lowest BCUT2D eigenvalue weighted by molar-refractivity contribution is 1.30. The fourth-order valence-corrected chi connectivity index (χ4v) is 8.98. The van der Waals surface area contributed by atoms with E-state index in [9.17, 15) is 0 Å². The average molecular weight is 680 g/mol. The van der Waals surface area contributed by atoms with Crippen LogP contribution in [0.3, 0.4) is 0 Å². The van der Waals surface area contributed by atoms with Crippen LogP contribution in [0.5, 0.6) is 0 Å². The molecule has 0 atom stereocenters. The molecule has 10 rings (SSSR count). The highest BCUT2D eigenvalue weighted by Gasteiger charge is 2.20. The first kappa shape index (κ1) is 30.4. The summed E-state index contributed by atoms with van der Waals surface area (Å²) in [6.45, 7) is 0. The molecule has 0 saturated heterocycles. The van der Waals surface area contributed by atoms with Crippen molar-refractivity contribution in [1.82, 2.24) is 0 Å². The Bertz CT molecular complexity index is 2930. The Balaban J connectivity index is 1.14. The van der Waals surface area contributed by atoms with Crippen LogP contribution in [0.1, 0.15) is 0 Å². The van der Waals surface area contributed by atoms with Crippen molar-refractivity contribution in [2.45, 2.75) is 0 Å². The second-order valence-corrected chi connectivity index (χ2v) is 14.4. The number of hydrogen-bond donors (Lipinski definition) is 0. The minimum atomic E-state index is 1.11. The molecule has 52 heavy (non-hydrogen) atoms. The Hall–Kier alpha value is -6.48. The summed E-state index contributed by atoms with van der Waals surface area (Å²) in [5, 5.41) is 7.55. The molecular weight excluding hydrogens is 647 g/mol. The third-order valence-electron chi connectivity index (χ3n) is 10.2. The number of para-hydroxylation sites is 1. The summed E-state index contributed by atoms with van der Waals surface area (Å²) < 4.78 is 2.66. The molecule has 244 valence electrons. The number of hydrogen-bond acceptors (Lipinski definition) is 2. The average Bonchev–Trinajstić information content (AvgIpc) is 3.60. The quantitative estimate of drug-likeness (QED) is 0.169. The van der Waals surface area contributed by atoms with Crippen LogP contribution in [0.15, 0.2) is 200 Å². The molecule has 0 N–H and O–H groups in total. The summed E-state index contributed by atoms with van der Waals surface area (Å²) in [4.78, 5) is 2.44. The number of anilines is 3. The van der Waals surface area contributed by atoms with Crippen LogP contribution in [0.2, 0.25) is 0 Å². The second-order valence-electron chi connectivity index (χ2n) is 13.3.